The van der Waals surface area contributed by atoms with Crippen molar-refractivity contribution in [3.63, 3.8) is 0 Å². The summed E-state index contributed by atoms with van der Waals surface area (Å²) in [6.07, 6.45) is 0.388. The average Bonchev–Trinajstić information content (AvgIpc) is 3.13. The third-order valence-electron chi connectivity index (χ3n) is 5.28. The Kier molecular flexibility index (Phi) is 5.98. The molecule has 0 bridgehead atoms. The van der Waals surface area contributed by atoms with E-state index in [0.717, 1.165) is 5.56 Å². The van der Waals surface area contributed by atoms with Gasteiger partial charge in [-0.05, 0) is 48.9 Å². The van der Waals surface area contributed by atoms with Gasteiger partial charge >= 0.3 is 6.03 Å². The summed E-state index contributed by atoms with van der Waals surface area (Å²) in [6.45, 7) is 3.62. The molecule has 4 rings (SSSR count). The van der Waals surface area contributed by atoms with Crippen molar-refractivity contribution in [1.82, 2.24) is 20.2 Å². The topological polar surface area (TPSA) is 122 Å². The maximum atomic E-state index is 13.3. The van der Waals surface area contributed by atoms with Crippen LogP contribution in [-0.4, -0.2) is 27.4 Å². The van der Waals surface area contributed by atoms with Crippen molar-refractivity contribution >= 4 is 56.7 Å². The quantitative estimate of drug-likeness (QED) is 0.503. The third-order valence-corrected chi connectivity index (χ3v) is 6.61. The van der Waals surface area contributed by atoms with Crippen molar-refractivity contribution in [3.8, 4) is 0 Å². The number of aromatic nitrogens is 2. The van der Waals surface area contributed by atoms with Gasteiger partial charge < -0.3 is 10.6 Å². The van der Waals surface area contributed by atoms with Crippen LogP contribution in [0, 0.1) is 13.8 Å². The minimum absolute atomic E-state index is 0.0980. The Hall–Kier alpha value is -3.24. The zero-order chi connectivity index (χ0) is 23.0. The lowest BCUT2D eigenvalue weighted by atomic mass is 10.1. The Bertz CT molecular complexity index is 1320. The molecule has 0 radical (unpaired) electrons. The summed E-state index contributed by atoms with van der Waals surface area (Å²) in [6, 6.07) is 3.95. The zero-order valence-corrected chi connectivity index (χ0v) is 18.9. The Labute approximate surface area is 191 Å². The van der Waals surface area contributed by atoms with Gasteiger partial charge in [0, 0.05) is 23.7 Å². The minimum Gasteiger partial charge on any atom is -0.334 e. The van der Waals surface area contributed by atoms with Crippen LogP contribution in [0.3, 0.4) is 0 Å². The van der Waals surface area contributed by atoms with Crippen molar-refractivity contribution in [2.75, 3.05) is 5.32 Å². The number of piperidine rings is 1. The Morgan fingerprint density at radius 2 is 2.09 bits per heavy atom. The number of fused-ring (bicyclic) bond motifs is 1. The third kappa shape index (κ3) is 4.23. The van der Waals surface area contributed by atoms with Crippen molar-refractivity contribution in [1.29, 1.82) is 0 Å². The molecule has 1 unspecified atom stereocenters. The van der Waals surface area contributed by atoms with Gasteiger partial charge in [-0.25, -0.2) is 9.78 Å². The summed E-state index contributed by atoms with van der Waals surface area (Å²) >= 11 is 7.38. The first kappa shape index (κ1) is 22.0. The van der Waals surface area contributed by atoms with E-state index in [2.05, 4.69) is 20.9 Å². The van der Waals surface area contributed by atoms with E-state index in [1.54, 1.807) is 30.5 Å². The number of halogens is 1. The molecule has 11 heteroatoms. The van der Waals surface area contributed by atoms with Gasteiger partial charge in [0.15, 0.2) is 0 Å². The second-order valence-electron chi connectivity index (χ2n) is 7.51. The predicted molar refractivity (Wildman–Crippen MR) is 122 cm³/mol. The number of carbonyl (C=O) groups is 3. The van der Waals surface area contributed by atoms with E-state index in [9.17, 15) is 19.2 Å². The average molecular weight is 474 g/mol. The molecule has 1 fully saturated rings. The predicted octanol–water partition coefficient (Wildman–Crippen LogP) is 3.03. The molecule has 0 saturated carbocycles. The van der Waals surface area contributed by atoms with Gasteiger partial charge in [-0.15, -0.1) is 11.3 Å². The maximum absolute atomic E-state index is 13.3. The molecule has 2 aromatic heterocycles. The molecule has 1 saturated heterocycles. The van der Waals surface area contributed by atoms with Crippen LogP contribution in [0.25, 0.3) is 10.2 Å². The first-order valence-electron chi connectivity index (χ1n) is 9.88. The van der Waals surface area contributed by atoms with E-state index in [1.165, 1.54) is 15.9 Å². The van der Waals surface area contributed by atoms with Crippen molar-refractivity contribution in [2.24, 2.45) is 0 Å². The van der Waals surface area contributed by atoms with E-state index in [0.29, 0.717) is 32.3 Å². The monoisotopic (exact) mass is 473 g/mol. The van der Waals surface area contributed by atoms with E-state index in [-0.39, 0.29) is 30.9 Å². The lowest BCUT2D eigenvalue weighted by molar-refractivity contribution is -0.135. The molecule has 4 amide bonds. The molecule has 0 spiro atoms. The number of urea groups is 1. The molecule has 1 aromatic carbocycles. The fourth-order valence-corrected chi connectivity index (χ4v) is 4.77. The number of amides is 4. The van der Waals surface area contributed by atoms with E-state index >= 15 is 0 Å². The van der Waals surface area contributed by atoms with Crippen LogP contribution in [0.1, 0.15) is 35.8 Å². The molecule has 3 aromatic rings. The molecule has 1 atom stereocenters. The number of anilines is 1. The molecule has 1 aliphatic heterocycles. The number of benzene rings is 1. The molecular weight excluding hydrogens is 454 g/mol. The molecule has 3 N–H and O–H groups in total. The van der Waals surface area contributed by atoms with Crippen LogP contribution in [0.15, 0.2) is 28.4 Å². The maximum Gasteiger partial charge on any atom is 0.319 e. The van der Waals surface area contributed by atoms with Crippen LogP contribution in [0.4, 0.5) is 10.5 Å². The van der Waals surface area contributed by atoms with Crippen LogP contribution >= 0.6 is 22.9 Å². The van der Waals surface area contributed by atoms with Crippen LogP contribution < -0.4 is 21.5 Å². The van der Waals surface area contributed by atoms with Gasteiger partial charge in [-0.3, -0.25) is 24.3 Å². The summed E-state index contributed by atoms with van der Waals surface area (Å²) in [5.41, 5.74) is 1.68. The largest absolute Gasteiger partial charge is 0.334 e. The number of carbonyl (C=O) groups excluding carboxylic acids is 3. The molecule has 32 heavy (non-hydrogen) atoms. The fraction of sp³-hybridized carbons (Fsp3) is 0.286. The van der Waals surface area contributed by atoms with Gasteiger partial charge in [0.05, 0.1) is 5.39 Å². The van der Waals surface area contributed by atoms with Gasteiger partial charge in [0.1, 0.15) is 16.7 Å². The molecule has 3 heterocycles. The highest BCUT2D eigenvalue weighted by atomic mass is 35.5. The second kappa shape index (κ2) is 8.71. The lowest BCUT2D eigenvalue weighted by Gasteiger charge is -2.24. The van der Waals surface area contributed by atoms with Gasteiger partial charge in [-0.1, -0.05) is 17.7 Å². The molecule has 166 valence electrons. The van der Waals surface area contributed by atoms with Crippen molar-refractivity contribution < 1.29 is 14.4 Å². The smallest absolute Gasteiger partial charge is 0.319 e. The molecule has 0 aliphatic carbocycles. The number of imide groups is 1. The van der Waals surface area contributed by atoms with E-state index < -0.39 is 18.0 Å². The van der Waals surface area contributed by atoms with E-state index in [1.807, 2.05) is 6.92 Å². The first-order chi connectivity index (χ1) is 15.2. The number of rotatable bonds is 4. The number of nitrogens with one attached hydrogen (secondary N) is 3. The molecular formula is C21H20ClN5O4S. The molecule has 1 aliphatic rings. The summed E-state index contributed by atoms with van der Waals surface area (Å²) in [7, 11) is 0. The fourth-order valence-electron chi connectivity index (χ4n) is 3.61. The zero-order valence-electron chi connectivity index (χ0n) is 17.3. The normalized spacial score (nSPS) is 16.2. The number of nitrogens with zero attached hydrogens (tertiary/aromatic N) is 2. The summed E-state index contributed by atoms with van der Waals surface area (Å²) in [4.78, 5) is 54.4. The minimum atomic E-state index is -0.799. The van der Waals surface area contributed by atoms with Crippen LogP contribution in [0.5, 0.6) is 0 Å². The number of hydrogen-bond donors (Lipinski definition) is 3. The van der Waals surface area contributed by atoms with Gasteiger partial charge in [0.2, 0.25) is 11.8 Å². The number of thiophene rings is 1. The SMILES string of the molecule is Cc1ccc(NC(=O)NCc2csc3nc(C)n(C4CCC(=O)NC4=O)c(=O)c23)cc1Cl. The van der Waals surface area contributed by atoms with Crippen LogP contribution in [0.2, 0.25) is 5.02 Å². The van der Waals surface area contributed by atoms with E-state index in [4.69, 9.17) is 11.6 Å². The standard InChI is InChI=1S/C21H20ClN5O4S/c1-10-3-4-13(7-14(10)22)25-21(31)23-8-12-9-32-19-17(12)20(30)27(11(2)24-19)15-5-6-16(28)26-18(15)29/h3-4,7,9,15H,5-6,8H2,1-2H3,(H2,23,25,31)(H,26,28,29). The number of hydrogen-bond acceptors (Lipinski definition) is 6. The lowest BCUT2D eigenvalue weighted by Crippen LogP contribution is -2.45. The number of aryl methyl sites for hydroxylation is 2. The van der Waals surface area contributed by atoms with Crippen molar-refractivity contribution in [3.05, 3.63) is 55.9 Å². The summed E-state index contributed by atoms with van der Waals surface area (Å²) in [5.74, 6) is -0.474. The van der Waals surface area contributed by atoms with Gasteiger partial charge in [-0.2, -0.15) is 0 Å². The van der Waals surface area contributed by atoms with Crippen LogP contribution in [-0.2, 0) is 16.1 Å². The highest BCUT2D eigenvalue weighted by Gasteiger charge is 2.31. The summed E-state index contributed by atoms with van der Waals surface area (Å²) in [5, 5.41) is 10.4. The highest BCUT2D eigenvalue weighted by molar-refractivity contribution is 7.16. The van der Waals surface area contributed by atoms with Crippen molar-refractivity contribution in [2.45, 2.75) is 39.3 Å². The summed E-state index contributed by atoms with van der Waals surface area (Å²) < 4.78 is 1.33. The second-order valence-corrected chi connectivity index (χ2v) is 8.78. The first-order valence-corrected chi connectivity index (χ1v) is 11.1. The highest BCUT2D eigenvalue weighted by Crippen LogP contribution is 2.25. The Morgan fingerprint density at radius 3 is 2.81 bits per heavy atom. The Morgan fingerprint density at radius 1 is 1.31 bits per heavy atom. The Balaban J connectivity index is 1.56. The van der Waals surface area contributed by atoms with Gasteiger partial charge in [0.25, 0.3) is 5.56 Å². The molecule has 9 nitrogen and oxygen atoms in total.